The van der Waals surface area contributed by atoms with E-state index in [1.54, 1.807) is 0 Å². The zero-order valence-electron chi connectivity index (χ0n) is 10.8. The van der Waals surface area contributed by atoms with Crippen molar-refractivity contribution in [3.63, 3.8) is 0 Å². The van der Waals surface area contributed by atoms with Gasteiger partial charge in [0.1, 0.15) is 0 Å². The molecule has 4 aliphatic rings. The van der Waals surface area contributed by atoms with E-state index in [0.717, 1.165) is 11.8 Å². The summed E-state index contributed by atoms with van der Waals surface area (Å²) in [5.41, 5.74) is 0. The molecule has 4 rings (SSSR count). The number of hydrogen-bond acceptors (Lipinski definition) is 4. The summed E-state index contributed by atoms with van der Waals surface area (Å²) in [5.74, 6) is 1.76. The molecular formula is C14H20O4. The first kappa shape index (κ1) is 12.2. The Balaban J connectivity index is 1.51. The lowest BCUT2D eigenvalue weighted by Crippen LogP contribution is -2.49. The highest BCUT2D eigenvalue weighted by Crippen LogP contribution is 2.54. The molecular weight excluding hydrogens is 232 g/mol. The molecule has 4 fully saturated rings. The molecule has 0 amide bonds. The average molecular weight is 252 g/mol. The van der Waals surface area contributed by atoms with Gasteiger partial charge >= 0.3 is 5.97 Å². The third-order valence-corrected chi connectivity index (χ3v) is 4.88. The highest BCUT2D eigenvalue weighted by molar-refractivity contribution is 6.32. The van der Waals surface area contributed by atoms with Crippen LogP contribution in [-0.2, 0) is 19.1 Å². The molecule has 0 unspecified atom stereocenters. The fourth-order valence-electron chi connectivity index (χ4n) is 4.42. The SMILES string of the molecule is CC(=O)C(=O)OCOC1C2CC3CC(C2)CC1C3. The Hall–Kier alpha value is -0.900. The molecule has 0 heterocycles. The van der Waals surface area contributed by atoms with Crippen LogP contribution in [0.2, 0.25) is 0 Å². The van der Waals surface area contributed by atoms with Crippen LogP contribution >= 0.6 is 0 Å². The molecule has 100 valence electrons. The Morgan fingerprint density at radius 1 is 1.00 bits per heavy atom. The van der Waals surface area contributed by atoms with E-state index in [-0.39, 0.29) is 12.9 Å². The zero-order valence-corrected chi connectivity index (χ0v) is 10.8. The quantitative estimate of drug-likeness (QED) is 0.436. The number of esters is 1. The van der Waals surface area contributed by atoms with Crippen molar-refractivity contribution < 1.29 is 19.1 Å². The van der Waals surface area contributed by atoms with Crippen molar-refractivity contribution in [2.24, 2.45) is 23.7 Å². The van der Waals surface area contributed by atoms with Crippen molar-refractivity contribution in [3.8, 4) is 0 Å². The summed E-state index contributed by atoms with van der Waals surface area (Å²) in [6.07, 6.45) is 6.77. The maximum atomic E-state index is 11.0. The van der Waals surface area contributed by atoms with Crippen molar-refractivity contribution in [1.82, 2.24) is 0 Å². The van der Waals surface area contributed by atoms with Crippen LogP contribution in [0, 0.1) is 23.7 Å². The van der Waals surface area contributed by atoms with Crippen LogP contribution in [0.4, 0.5) is 0 Å². The Morgan fingerprint density at radius 2 is 1.56 bits per heavy atom. The third-order valence-electron chi connectivity index (χ3n) is 4.88. The van der Waals surface area contributed by atoms with Crippen LogP contribution in [0.3, 0.4) is 0 Å². The largest absolute Gasteiger partial charge is 0.433 e. The number of ether oxygens (including phenoxy) is 2. The van der Waals surface area contributed by atoms with Crippen LogP contribution in [-0.4, -0.2) is 24.6 Å². The first-order valence-electron chi connectivity index (χ1n) is 6.92. The van der Waals surface area contributed by atoms with E-state index in [1.165, 1.54) is 39.0 Å². The monoisotopic (exact) mass is 252 g/mol. The third kappa shape index (κ3) is 2.18. The molecule has 0 radical (unpaired) electrons. The summed E-state index contributed by atoms with van der Waals surface area (Å²) >= 11 is 0. The summed E-state index contributed by atoms with van der Waals surface area (Å²) in [4.78, 5) is 21.8. The Kier molecular flexibility index (Phi) is 3.14. The summed E-state index contributed by atoms with van der Waals surface area (Å²) < 4.78 is 10.5. The Labute approximate surface area is 107 Å². The van der Waals surface area contributed by atoms with Gasteiger partial charge < -0.3 is 9.47 Å². The lowest BCUT2D eigenvalue weighted by atomic mass is 9.55. The van der Waals surface area contributed by atoms with E-state index in [0.29, 0.717) is 11.8 Å². The van der Waals surface area contributed by atoms with Crippen LogP contribution < -0.4 is 0 Å². The number of carbonyl (C=O) groups is 2. The van der Waals surface area contributed by atoms with E-state index in [2.05, 4.69) is 0 Å². The van der Waals surface area contributed by atoms with Gasteiger partial charge in [0.05, 0.1) is 6.10 Å². The number of carbonyl (C=O) groups excluding carboxylic acids is 2. The van der Waals surface area contributed by atoms with Gasteiger partial charge in [0.25, 0.3) is 0 Å². The molecule has 0 aromatic heterocycles. The van der Waals surface area contributed by atoms with E-state index in [4.69, 9.17) is 9.47 Å². The molecule has 4 saturated carbocycles. The van der Waals surface area contributed by atoms with E-state index < -0.39 is 11.8 Å². The van der Waals surface area contributed by atoms with E-state index in [1.807, 2.05) is 0 Å². The standard InChI is InChI=1S/C14H20O4/c1-8(15)14(16)18-7-17-13-11-3-9-2-10(5-11)6-12(13)4-9/h9-13H,2-7H2,1H3. The van der Waals surface area contributed by atoms with Crippen LogP contribution in [0.5, 0.6) is 0 Å². The highest BCUT2D eigenvalue weighted by atomic mass is 16.7. The molecule has 4 bridgehead atoms. The highest BCUT2D eigenvalue weighted by Gasteiger charge is 2.48. The van der Waals surface area contributed by atoms with Crippen LogP contribution in [0.15, 0.2) is 0 Å². The van der Waals surface area contributed by atoms with Gasteiger partial charge in [0, 0.05) is 6.92 Å². The van der Waals surface area contributed by atoms with Crippen molar-refractivity contribution in [2.75, 3.05) is 6.79 Å². The van der Waals surface area contributed by atoms with E-state index >= 15 is 0 Å². The fraction of sp³-hybridized carbons (Fsp3) is 0.857. The number of rotatable bonds is 4. The Morgan fingerprint density at radius 3 is 2.06 bits per heavy atom. The van der Waals surface area contributed by atoms with Crippen LogP contribution in [0.1, 0.15) is 39.0 Å². The average Bonchev–Trinajstić information content (AvgIpc) is 2.31. The van der Waals surface area contributed by atoms with Gasteiger partial charge in [-0.3, -0.25) is 4.79 Å². The summed E-state index contributed by atoms with van der Waals surface area (Å²) in [5, 5.41) is 0. The smallest absolute Gasteiger partial charge is 0.376 e. The molecule has 0 aliphatic heterocycles. The molecule has 0 aromatic rings. The lowest BCUT2D eigenvalue weighted by molar-refractivity contribution is -0.187. The molecule has 18 heavy (non-hydrogen) atoms. The van der Waals surface area contributed by atoms with Gasteiger partial charge in [-0.25, -0.2) is 4.79 Å². The molecule has 0 aromatic carbocycles. The zero-order chi connectivity index (χ0) is 12.7. The number of ketones is 1. The molecule has 4 heteroatoms. The molecule has 4 nitrogen and oxygen atoms in total. The van der Waals surface area contributed by atoms with Gasteiger partial charge in [0.15, 0.2) is 6.79 Å². The van der Waals surface area contributed by atoms with Gasteiger partial charge in [-0.05, 0) is 55.8 Å². The maximum absolute atomic E-state index is 11.0. The molecule has 4 aliphatic carbocycles. The molecule has 0 saturated heterocycles. The van der Waals surface area contributed by atoms with Crippen molar-refractivity contribution in [2.45, 2.75) is 45.1 Å². The van der Waals surface area contributed by atoms with Gasteiger partial charge in [-0.2, -0.15) is 0 Å². The minimum atomic E-state index is -0.793. The topological polar surface area (TPSA) is 52.6 Å². The summed E-state index contributed by atoms with van der Waals surface area (Å²) in [7, 11) is 0. The van der Waals surface area contributed by atoms with Crippen molar-refractivity contribution in [1.29, 1.82) is 0 Å². The maximum Gasteiger partial charge on any atom is 0.376 e. The molecule has 0 spiro atoms. The van der Waals surface area contributed by atoms with Gasteiger partial charge in [0.2, 0.25) is 5.78 Å². The molecule has 0 atom stereocenters. The summed E-state index contributed by atoms with van der Waals surface area (Å²) in [6, 6.07) is 0. The number of hydrogen-bond donors (Lipinski definition) is 0. The normalized spacial score (nSPS) is 40.8. The lowest BCUT2D eigenvalue weighted by Gasteiger charge is -2.53. The van der Waals surface area contributed by atoms with E-state index in [9.17, 15) is 9.59 Å². The second-order valence-electron chi connectivity index (χ2n) is 6.17. The number of Topliss-reactive ketones (excluding diaryl/α,β-unsaturated/α-hetero) is 1. The first-order valence-corrected chi connectivity index (χ1v) is 6.92. The second kappa shape index (κ2) is 4.65. The second-order valence-corrected chi connectivity index (χ2v) is 6.17. The predicted molar refractivity (Wildman–Crippen MR) is 63.6 cm³/mol. The molecule has 0 N–H and O–H groups in total. The van der Waals surface area contributed by atoms with Gasteiger partial charge in [-0.1, -0.05) is 0 Å². The van der Waals surface area contributed by atoms with Gasteiger partial charge in [-0.15, -0.1) is 0 Å². The minimum absolute atomic E-state index is 0.0641. The van der Waals surface area contributed by atoms with Crippen LogP contribution in [0.25, 0.3) is 0 Å². The predicted octanol–water partition coefficient (Wildman–Crippen LogP) is 1.92. The fourth-order valence-corrected chi connectivity index (χ4v) is 4.42. The minimum Gasteiger partial charge on any atom is -0.433 e. The van der Waals surface area contributed by atoms with Crippen molar-refractivity contribution in [3.05, 3.63) is 0 Å². The van der Waals surface area contributed by atoms with Crippen molar-refractivity contribution >= 4 is 11.8 Å². The Bertz CT molecular complexity index is 335. The first-order chi connectivity index (χ1) is 8.63. The summed E-state index contributed by atoms with van der Waals surface area (Å²) in [6.45, 7) is 1.15.